The number of nitrogens with one attached hydrogen (secondary N) is 1. The van der Waals surface area contributed by atoms with Crippen LogP contribution >= 0.6 is 0 Å². The minimum absolute atomic E-state index is 0.0135. The summed E-state index contributed by atoms with van der Waals surface area (Å²) in [7, 11) is 0. The third-order valence-electron chi connectivity index (χ3n) is 5.57. The second-order valence-corrected chi connectivity index (χ2v) is 8.01. The number of carbonyl (C=O) groups is 4. The van der Waals surface area contributed by atoms with E-state index in [0.717, 1.165) is 4.90 Å². The fraction of sp³-hybridized carbons (Fsp3) is 0.304. The molecule has 0 aromatic heterocycles. The number of amides is 2. The monoisotopic (exact) mass is 486 g/mol. The lowest BCUT2D eigenvalue weighted by Gasteiger charge is -2.42. The molecule has 0 unspecified atom stereocenters. The lowest BCUT2D eigenvalue weighted by Crippen LogP contribution is -2.66. The van der Waals surface area contributed by atoms with Crippen molar-refractivity contribution in [3.05, 3.63) is 59.7 Å². The van der Waals surface area contributed by atoms with Crippen molar-refractivity contribution >= 4 is 23.8 Å². The molecule has 1 aliphatic heterocycles. The minimum Gasteiger partial charge on any atom is -0.508 e. The Morgan fingerprint density at radius 2 is 1.60 bits per heavy atom. The maximum atomic E-state index is 12.6. The highest BCUT2D eigenvalue weighted by Crippen LogP contribution is 2.29. The molecule has 1 fully saturated rings. The number of aliphatic carboxylic acids is 2. The highest BCUT2D eigenvalue weighted by Gasteiger charge is 2.45. The number of hydrogen-bond acceptors (Lipinski definition) is 8. The van der Waals surface area contributed by atoms with Crippen molar-refractivity contribution < 1.29 is 39.2 Å². The van der Waals surface area contributed by atoms with Crippen LogP contribution in [0.25, 0.3) is 0 Å². The molecule has 1 saturated heterocycles. The van der Waals surface area contributed by atoms with Crippen molar-refractivity contribution in [1.82, 2.24) is 10.2 Å². The summed E-state index contributed by atoms with van der Waals surface area (Å²) in [6, 6.07) is 7.49. The van der Waals surface area contributed by atoms with E-state index in [1.165, 1.54) is 24.3 Å². The molecule has 186 valence electrons. The van der Waals surface area contributed by atoms with Gasteiger partial charge in [0.2, 0.25) is 11.8 Å². The van der Waals surface area contributed by atoms with Gasteiger partial charge in [0.1, 0.15) is 29.6 Å². The fourth-order valence-corrected chi connectivity index (χ4v) is 3.52. The molecule has 12 heteroatoms. The van der Waals surface area contributed by atoms with Gasteiger partial charge in [0.25, 0.3) is 0 Å². The zero-order valence-corrected chi connectivity index (χ0v) is 18.5. The van der Waals surface area contributed by atoms with Gasteiger partial charge in [0.15, 0.2) is 6.04 Å². The van der Waals surface area contributed by atoms with E-state index in [9.17, 15) is 29.4 Å². The smallest absolute Gasteiger partial charge is 0.331 e. The van der Waals surface area contributed by atoms with Crippen LogP contribution in [0.1, 0.15) is 29.6 Å². The number of benzene rings is 2. The van der Waals surface area contributed by atoms with Crippen LogP contribution < -0.4 is 21.5 Å². The van der Waals surface area contributed by atoms with E-state index in [4.69, 9.17) is 21.3 Å². The Morgan fingerprint density at radius 1 is 1.00 bits per heavy atom. The van der Waals surface area contributed by atoms with Gasteiger partial charge >= 0.3 is 11.9 Å². The fourth-order valence-electron chi connectivity index (χ4n) is 3.52. The Kier molecular flexibility index (Phi) is 7.89. The predicted molar refractivity (Wildman–Crippen MR) is 121 cm³/mol. The van der Waals surface area contributed by atoms with Crippen molar-refractivity contribution in [3.8, 4) is 11.5 Å². The van der Waals surface area contributed by atoms with Crippen LogP contribution in [0.3, 0.4) is 0 Å². The number of rotatable bonds is 11. The molecule has 1 aliphatic rings. The normalized spacial score (nSPS) is 17.6. The molecule has 2 amide bonds. The first kappa shape index (κ1) is 25.5. The number of carbonyl (C=O) groups excluding carboxylic acids is 2. The molecular weight excluding hydrogens is 460 g/mol. The molecule has 4 atom stereocenters. The predicted octanol–water partition coefficient (Wildman–Crippen LogP) is -0.274. The summed E-state index contributed by atoms with van der Waals surface area (Å²) in [5.41, 5.74) is 12.2. The molecular formula is C23H26N4O8. The number of aromatic hydroxyl groups is 1. The number of carboxylic acid groups (broad SMARTS) is 2. The summed E-state index contributed by atoms with van der Waals surface area (Å²) in [4.78, 5) is 48.7. The number of nitrogens with two attached hydrogens (primary N) is 2. The van der Waals surface area contributed by atoms with Gasteiger partial charge in [-0.25, -0.2) is 4.79 Å². The number of hydrogen-bond donors (Lipinski definition) is 6. The molecule has 0 bridgehead atoms. The standard InChI is InChI=1S/C23H26N4O8/c24-16(22(31)32)9-10-35-15-7-3-12(4-8-15)18(25)20(29)26-17-11-27(21(17)30)19(23(33)34)13-1-5-14(28)6-2-13/h1-8,16-19,28H,9-11,24-25H2,(H,26,29)(H,31,32)(H,33,34)/t16-,17+,18-,19-/m0/s1. The molecule has 0 spiro atoms. The topological polar surface area (TPSA) is 206 Å². The molecule has 2 aromatic rings. The Bertz CT molecular complexity index is 1090. The summed E-state index contributed by atoms with van der Waals surface area (Å²) in [5.74, 6) is -3.12. The van der Waals surface area contributed by atoms with Crippen LogP contribution in [0.5, 0.6) is 11.5 Å². The number of β-lactam (4-membered cyclic amide) rings is 1. The zero-order chi connectivity index (χ0) is 25.7. The molecule has 0 saturated carbocycles. The maximum absolute atomic E-state index is 12.6. The van der Waals surface area contributed by atoms with E-state index in [0.29, 0.717) is 16.9 Å². The molecule has 0 radical (unpaired) electrons. The molecule has 2 aromatic carbocycles. The van der Waals surface area contributed by atoms with E-state index in [1.807, 2.05) is 0 Å². The van der Waals surface area contributed by atoms with E-state index >= 15 is 0 Å². The summed E-state index contributed by atoms with van der Waals surface area (Å²) in [6.45, 7) is 0.0848. The minimum atomic E-state index is -1.25. The lowest BCUT2D eigenvalue weighted by molar-refractivity contribution is -0.160. The van der Waals surface area contributed by atoms with Crippen molar-refractivity contribution in [3.63, 3.8) is 0 Å². The first-order valence-electron chi connectivity index (χ1n) is 10.7. The Labute approximate surface area is 200 Å². The highest BCUT2D eigenvalue weighted by molar-refractivity contribution is 5.96. The summed E-state index contributed by atoms with van der Waals surface area (Å²) < 4.78 is 5.43. The number of ether oxygens (including phenoxy) is 1. The van der Waals surface area contributed by atoms with Crippen molar-refractivity contribution in [2.75, 3.05) is 13.2 Å². The molecule has 8 N–H and O–H groups in total. The van der Waals surface area contributed by atoms with Crippen LogP contribution in [0.15, 0.2) is 48.5 Å². The quantitative estimate of drug-likeness (QED) is 0.229. The van der Waals surface area contributed by atoms with Gasteiger partial charge < -0.3 is 41.7 Å². The van der Waals surface area contributed by atoms with Gasteiger partial charge in [-0.2, -0.15) is 0 Å². The van der Waals surface area contributed by atoms with Gasteiger partial charge in [-0.05, 0) is 35.4 Å². The maximum Gasteiger partial charge on any atom is 0.331 e. The van der Waals surface area contributed by atoms with E-state index < -0.39 is 47.9 Å². The van der Waals surface area contributed by atoms with Crippen molar-refractivity contribution in [2.45, 2.75) is 30.6 Å². The second-order valence-electron chi connectivity index (χ2n) is 8.01. The zero-order valence-electron chi connectivity index (χ0n) is 18.5. The number of phenolic OH excluding ortho intramolecular Hbond substituents is 1. The van der Waals surface area contributed by atoms with Crippen LogP contribution in [0.2, 0.25) is 0 Å². The van der Waals surface area contributed by atoms with E-state index in [-0.39, 0.29) is 25.3 Å². The number of carboxylic acids is 2. The number of nitrogens with zero attached hydrogens (tertiary/aromatic N) is 1. The van der Waals surface area contributed by atoms with Gasteiger partial charge in [0.05, 0.1) is 13.2 Å². The summed E-state index contributed by atoms with van der Waals surface area (Å²) in [6.07, 6.45) is 0.126. The van der Waals surface area contributed by atoms with Crippen molar-refractivity contribution in [2.24, 2.45) is 11.5 Å². The Morgan fingerprint density at radius 3 is 2.14 bits per heavy atom. The van der Waals surface area contributed by atoms with Gasteiger partial charge in [-0.3, -0.25) is 14.4 Å². The Hall–Kier alpha value is -4.16. The van der Waals surface area contributed by atoms with Crippen LogP contribution in [-0.4, -0.2) is 69.2 Å². The van der Waals surface area contributed by atoms with Gasteiger partial charge in [-0.1, -0.05) is 24.3 Å². The second kappa shape index (κ2) is 10.8. The Balaban J connectivity index is 1.53. The van der Waals surface area contributed by atoms with Crippen LogP contribution in [0.4, 0.5) is 0 Å². The SMILES string of the molecule is N[C@H](C(=O)N[C@@H]1CN([C@H](C(=O)O)c2ccc(O)cc2)C1=O)c1ccc(OCC[C@H](N)C(=O)O)cc1. The average molecular weight is 486 g/mol. The van der Waals surface area contributed by atoms with Gasteiger partial charge in [0, 0.05) is 6.42 Å². The number of likely N-dealkylation sites (tertiary alicyclic amines) is 1. The third-order valence-corrected chi connectivity index (χ3v) is 5.57. The van der Waals surface area contributed by atoms with Crippen molar-refractivity contribution in [1.29, 1.82) is 0 Å². The third kappa shape index (κ3) is 6.05. The first-order valence-corrected chi connectivity index (χ1v) is 10.7. The summed E-state index contributed by atoms with van der Waals surface area (Å²) in [5, 5.41) is 30.3. The number of phenols is 1. The van der Waals surface area contributed by atoms with Crippen LogP contribution in [-0.2, 0) is 19.2 Å². The van der Waals surface area contributed by atoms with Gasteiger partial charge in [-0.15, -0.1) is 0 Å². The highest BCUT2D eigenvalue weighted by atomic mass is 16.5. The molecule has 12 nitrogen and oxygen atoms in total. The van der Waals surface area contributed by atoms with E-state index in [1.54, 1.807) is 24.3 Å². The summed E-state index contributed by atoms with van der Waals surface area (Å²) >= 11 is 0. The van der Waals surface area contributed by atoms with Crippen LogP contribution in [0, 0.1) is 0 Å². The molecule has 35 heavy (non-hydrogen) atoms. The molecule has 1 heterocycles. The van der Waals surface area contributed by atoms with E-state index in [2.05, 4.69) is 5.32 Å². The average Bonchev–Trinajstić information content (AvgIpc) is 2.83. The largest absolute Gasteiger partial charge is 0.508 e. The lowest BCUT2D eigenvalue weighted by atomic mass is 9.97. The molecule has 0 aliphatic carbocycles. The first-order chi connectivity index (χ1) is 16.6. The molecule has 3 rings (SSSR count).